The lowest BCUT2D eigenvalue weighted by atomic mass is 9.92. The maximum absolute atomic E-state index is 11.5. The summed E-state index contributed by atoms with van der Waals surface area (Å²) in [5.41, 5.74) is -0.389. The van der Waals surface area contributed by atoms with Gasteiger partial charge in [-0.25, -0.2) is 4.79 Å². The van der Waals surface area contributed by atoms with Gasteiger partial charge in [0.15, 0.2) is 5.54 Å². The first-order valence-electron chi connectivity index (χ1n) is 5.90. The molecule has 0 bridgehead atoms. The molecule has 1 unspecified atom stereocenters. The fourth-order valence-electron chi connectivity index (χ4n) is 2.12. The van der Waals surface area contributed by atoms with Crippen molar-refractivity contribution in [2.24, 2.45) is 0 Å². The van der Waals surface area contributed by atoms with Crippen LogP contribution < -0.4 is 10.1 Å². The molecule has 0 amide bonds. The van der Waals surface area contributed by atoms with Crippen LogP contribution in [0.1, 0.15) is 12.8 Å². The fraction of sp³-hybridized carbons (Fsp3) is 0.462. The highest BCUT2D eigenvalue weighted by molar-refractivity contribution is 5.84. The normalized spacial score (nSPS) is 23.4. The number of rotatable bonds is 4. The zero-order chi connectivity index (χ0) is 13.0. The molecule has 0 aliphatic carbocycles. The summed E-state index contributed by atoms with van der Waals surface area (Å²) in [6, 6.07) is 7.28. The highest BCUT2D eigenvalue weighted by Crippen LogP contribution is 2.30. The molecule has 5 nitrogen and oxygen atoms in total. The predicted octanol–water partition coefficient (Wildman–Crippen LogP) is 1.74. The van der Waals surface area contributed by atoms with Crippen molar-refractivity contribution >= 4 is 11.7 Å². The molecule has 1 fully saturated rings. The van der Waals surface area contributed by atoms with Gasteiger partial charge in [0.1, 0.15) is 5.75 Å². The largest absolute Gasteiger partial charge is 0.495 e. The number of methoxy groups -OCH3 is 1. The number of anilines is 1. The van der Waals surface area contributed by atoms with Crippen molar-refractivity contribution in [3.8, 4) is 5.75 Å². The Labute approximate surface area is 106 Å². The zero-order valence-electron chi connectivity index (χ0n) is 10.3. The van der Waals surface area contributed by atoms with Gasteiger partial charge in [0, 0.05) is 6.61 Å². The van der Waals surface area contributed by atoms with Crippen LogP contribution in [0.5, 0.6) is 5.75 Å². The highest BCUT2D eigenvalue weighted by atomic mass is 16.5. The van der Waals surface area contributed by atoms with Crippen molar-refractivity contribution in [1.29, 1.82) is 0 Å². The number of ether oxygens (including phenoxy) is 2. The SMILES string of the molecule is COc1ccccc1NC1(C(=O)O)CCCOC1. The summed E-state index contributed by atoms with van der Waals surface area (Å²) in [5.74, 6) is -0.267. The van der Waals surface area contributed by atoms with Crippen molar-refractivity contribution < 1.29 is 19.4 Å². The maximum Gasteiger partial charge on any atom is 0.331 e. The van der Waals surface area contributed by atoms with Crippen LogP contribution >= 0.6 is 0 Å². The molecular weight excluding hydrogens is 234 g/mol. The topological polar surface area (TPSA) is 67.8 Å². The first-order valence-corrected chi connectivity index (χ1v) is 5.90. The molecule has 1 saturated heterocycles. The van der Waals surface area contributed by atoms with Crippen LogP contribution in [0.15, 0.2) is 24.3 Å². The van der Waals surface area contributed by atoms with Crippen LogP contribution in [0.3, 0.4) is 0 Å². The number of hydrogen-bond donors (Lipinski definition) is 2. The molecule has 1 aliphatic heterocycles. The van der Waals surface area contributed by atoms with Gasteiger partial charge >= 0.3 is 5.97 Å². The van der Waals surface area contributed by atoms with Gasteiger partial charge in [0.2, 0.25) is 0 Å². The molecule has 2 N–H and O–H groups in total. The van der Waals surface area contributed by atoms with Gasteiger partial charge in [0.25, 0.3) is 0 Å². The van der Waals surface area contributed by atoms with E-state index in [4.69, 9.17) is 9.47 Å². The summed E-state index contributed by atoms with van der Waals surface area (Å²) in [6.45, 7) is 0.781. The first-order chi connectivity index (χ1) is 8.68. The Hall–Kier alpha value is -1.75. The molecule has 0 saturated carbocycles. The second-order valence-electron chi connectivity index (χ2n) is 4.37. The molecule has 1 aliphatic rings. The molecule has 0 spiro atoms. The zero-order valence-corrected chi connectivity index (χ0v) is 10.3. The van der Waals surface area contributed by atoms with Gasteiger partial charge in [-0.3, -0.25) is 0 Å². The number of carboxylic acids is 1. The van der Waals surface area contributed by atoms with E-state index in [0.717, 1.165) is 6.42 Å². The van der Waals surface area contributed by atoms with Crippen LogP contribution in [0.25, 0.3) is 0 Å². The van der Waals surface area contributed by atoms with Crippen molar-refractivity contribution in [2.75, 3.05) is 25.6 Å². The molecule has 5 heteroatoms. The number of hydrogen-bond acceptors (Lipinski definition) is 4. The van der Waals surface area contributed by atoms with Gasteiger partial charge in [-0.2, -0.15) is 0 Å². The van der Waals surface area contributed by atoms with E-state index in [2.05, 4.69) is 5.32 Å². The Balaban J connectivity index is 2.26. The number of benzene rings is 1. The van der Waals surface area contributed by atoms with Crippen molar-refractivity contribution in [3.63, 3.8) is 0 Å². The van der Waals surface area contributed by atoms with E-state index in [1.807, 2.05) is 12.1 Å². The van der Waals surface area contributed by atoms with E-state index < -0.39 is 11.5 Å². The van der Waals surface area contributed by atoms with E-state index in [9.17, 15) is 9.90 Å². The molecule has 18 heavy (non-hydrogen) atoms. The molecule has 1 aromatic rings. The van der Waals surface area contributed by atoms with Gasteiger partial charge in [-0.15, -0.1) is 0 Å². The summed E-state index contributed by atoms with van der Waals surface area (Å²) >= 11 is 0. The van der Waals surface area contributed by atoms with Crippen LogP contribution in [0, 0.1) is 0 Å². The van der Waals surface area contributed by atoms with Gasteiger partial charge in [-0.1, -0.05) is 12.1 Å². The number of aliphatic carboxylic acids is 1. The average Bonchev–Trinajstić information content (AvgIpc) is 2.40. The summed E-state index contributed by atoms with van der Waals surface area (Å²) < 4.78 is 10.5. The van der Waals surface area contributed by atoms with Crippen molar-refractivity contribution in [3.05, 3.63) is 24.3 Å². The lowest BCUT2D eigenvalue weighted by Gasteiger charge is -2.35. The lowest BCUT2D eigenvalue weighted by molar-refractivity contribution is -0.146. The van der Waals surface area contributed by atoms with Crippen LogP contribution in [-0.4, -0.2) is 36.9 Å². The second-order valence-corrected chi connectivity index (χ2v) is 4.37. The monoisotopic (exact) mass is 251 g/mol. The Morgan fingerprint density at radius 1 is 1.50 bits per heavy atom. The molecule has 1 atom stereocenters. The van der Waals surface area contributed by atoms with Gasteiger partial charge < -0.3 is 19.9 Å². The Kier molecular flexibility index (Phi) is 3.72. The summed E-state index contributed by atoms with van der Waals surface area (Å²) in [7, 11) is 1.56. The molecule has 98 valence electrons. The van der Waals surface area contributed by atoms with E-state index in [1.165, 1.54) is 0 Å². The maximum atomic E-state index is 11.5. The Morgan fingerprint density at radius 2 is 2.28 bits per heavy atom. The second kappa shape index (κ2) is 5.27. The number of para-hydroxylation sites is 2. The summed E-state index contributed by atoms with van der Waals surface area (Å²) in [6.07, 6.45) is 1.27. The minimum atomic E-state index is -1.06. The van der Waals surface area contributed by atoms with Gasteiger partial charge in [-0.05, 0) is 25.0 Å². The van der Waals surface area contributed by atoms with E-state index in [1.54, 1.807) is 19.2 Å². The molecule has 0 radical (unpaired) electrons. The minimum Gasteiger partial charge on any atom is -0.495 e. The quantitative estimate of drug-likeness (QED) is 0.853. The van der Waals surface area contributed by atoms with Crippen LogP contribution in [0.2, 0.25) is 0 Å². The third kappa shape index (κ3) is 2.41. The number of carbonyl (C=O) groups is 1. The molecule has 0 aromatic heterocycles. The minimum absolute atomic E-state index is 0.167. The first kappa shape index (κ1) is 12.7. The molecule has 2 rings (SSSR count). The molecule has 1 heterocycles. The summed E-state index contributed by atoms with van der Waals surface area (Å²) in [4.78, 5) is 11.5. The average molecular weight is 251 g/mol. The van der Waals surface area contributed by atoms with E-state index in [0.29, 0.717) is 24.5 Å². The lowest BCUT2D eigenvalue weighted by Crippen LogP contribution is -2.52. The standard InChI is InChI=1S/C13H17NO4/c1-17-11-6-3-2-5-10(11)14-13(12(15)16)7-4-8-18-9-13/h2-3,5-6,14H,4,7-9H2,1H3,(H,15,16). The number of carboxylic acid groups (broad SMARTS) is 1. The predicted molar refractivity (Wildman–Crippen MR) is 67.0 cm³/mol. The Morgan fingerprint density at radius 3 is 2.89 bits per heavy atom. The molecular formula is C13H17NO4. The number of nitrogens with one attached hydrogen (secondary N) is 1. The highest BCUT2D eigenvalue weighted by Gasteiger charge is 2.41. The third-order valence-corrected chi connectivity index (χ3v) is 3.13. The summed E-state index contributed by atoms with van der Waals surface area (Å²) in [5, 5.41) is 12.5. The Bertz CT molecular complexity index is 427. The van der Waals surface area contributed by atoms with Crippen LogP contribution in [-0.2, 0) is 9.53 Å². The molecule has 1 aromatic carbocycles. The van der Waals surface area contributed by atoms with Crippen molar-refractivity contribution in [1.82, 2.24) is 0 Å². The van der Waals surface area contributed by atoms with Crippen molar-refractivity contribution in [2.45, 2.75) is 18.4 Å². The van der Waals surface area contributed by atoms with E-state index >= 15 is 0 Å². The fourth-order valence-corrected chi connectivity index (χ4v) is 2.12. The van der Waals surface area contributed by atoms with Gasteiger partial charge in [0.05, 0.1) is 19.4 Å². The van der Waals surface area contributed by atoms with Crippen LogP contribution in [0.4, 0.5) is 5.69 Å². The smallest absolute Gasteiger partial charge is 0.331 e. The third-order valence-electron chi connectivity index (χ3n) is 3.13. The van der Waals surface area contributed by atoms with E-state index in [-0.39, 0.29) is 6.61 Å².